The van der Waals surface area contributed by atoms with E-state index >= 15 is 0 Å². The Kier molecular flexibility index (Phi) is 5.48. The summed E-state index contributed by atoms with van der Waals surface area (Å²) in [6.45, 7) is 1.84. The lowest BCUT2D eigenvalue weighted by Crippen LogP contribution is -2.34. The van der Waals surface area contributed by atoms with Crippen molar-refractivity contribution in [1.82, 2.24) is 15.1 Å². The zero-order valence-electron chi connectivity index (χ0n) is 11.6. The Morgan fingerprint density at radius 1 is 1.40 bits per heavy atom. The van der Waals surface area contributed by atoms with E-state index in [0.717, 1.165) is 4.90 Å². The van der Waals surface area contributed by atoms with Gasteiger partial charge in [-0.25, -0.2) is 4.79 Å². The fourth-order valence-corrected chi connectivity index (χ4v) is 1.73. The number of carbonyl (C=O) groups excluding carboxylic acids is 3. The van der Waals surface area contributed by atoms with Crippen molar-refractivity contribution in [3.8, 4) is 0 Å². The van der Waals surface area contributed by atoms with Crippen molar-refractivity contribution in [3.05, 3.63) is 0 Å². The molecule has 0 spiro atoms. The van der Waals surface area contributed by atoms with E-state index in [1.54, 1.807) is 7.05 Å². The standard InChI is InChI=1S/C12H19N3O5/c1-8(11(18)19)6-13-9(16)4-3-5-15-10(17)7-14(2)12(15)20/h8H,3-7H2,1-2H3,(H,13,16)(H,18,19). The molecule has 0 bridgehead atoms. The van der Waals surface area contributed by atoms with Crippen LogP contribution in [0.4, 0.5) is 4.79 Å². The summed E-state index contributed by atoms with van der Waals surface area (Å²) < 4.78 is 0. The van der Waals surface area contributed by atoms with Gasteiger partial charge in [0.2, 0.25) is 11.8 Å². The Hall–Kier alpha value is -2.12. The molecular formula is C12H19N3O5. The molecule has 1 aliphatic heterocycles. The predicted octanol–water partition coefficient (Wildman–Crippen LogP) is -0.502. The van der Waals surface area contributed by atoms with Gasteiger partial charge in [-0.2, -0.15) is 0 Å². The van der Waals surface area contributed by atoms with Crippen LogP contribution in [0.25, 0.3) is 0 Å². The third kappa shape index (κ3) is 4.22. The van der Waals surface area contributed by atoms with Crippen molar-refractivity contribution in [2.45, 2.75) is 19.8 Å². The van der Waals surface area contributed by atoms with Gasteiger partial charge in [-0.3, -0.25) is 19.3 Å². The average molecular weight is 285 g/mol. The highest BCUT2D eigenvalue weighted by atomic mass is 16.4. The fourth-order valence-electron chi connectivity index (χ4n) is 1.73. The Morgan fingerprint density at radius 2 is 2.05 bits per heavy atom. The molecule has 1 fully saturated rings. The molecule has 4 amide bonds. The zero-order valence-corrected chi connectivity index (χ0v) is 11.6. The second-order valence-corrected chi connectivity index (χ2v) is 4.83. The number of urea groups is 1. The van der Waals surface area contributed by atoms with E-state index in [1.165, 1.54) is 11.8 Å². The number of aliphatic carboxylic acids is 1. The minimum Gasteiger partial charge on any atom is -0.481 e. The maximum atomic E-state index is 11.5. The topological polar surface area (TPSA) is 107 Å². The first-order valence-electron chi connectivity index (χ1n) is 6.38. The number of amides is 4. The van der Waals surface area contributed by atoms with Crippen LogP contribution in [-0.2, 0) is 14.4 Å². The van der Waals surface area contributed by atoms with Crippen LogP contribution >= 0.6 is 0 Å². The Morgan fingerprint density at radius 3 is 2.55 bits per heavy atom. The van der Waals surface area contributed by atoms with Gasteiger partial charge in [-0.05, 0) is 6.42 Å². The van der Waals surface area contributed by atoms with Crippen LogP contribution in [0.2, 0.25) is 0 Å². The SMILES string of the molecule is CC(CNC(=O)CCCN1C(=O)CN(C)C1=O)C(=O)O. The second-order valence-electron chi connectivity index (χ2n) is 4.83. The van der Waals surface area contributed by atoms with E-state index in [9.17, 15) is 19.2 Å². The van der Waals surface area contributed by atoms with Crippen LogP contribution in [0.1, 0.15) is 19.8 Å². The zero-order chi connectivity index (χ0) is 15.3. The van der Waals surface area contributed by atoms with E-state index in [-0.39, 0.29) is 43.9 Å². The summed E-state index contributed by atoms with van der Waals surface area (Å²) in [4.78, 5) is 47.5. The minimum absolute atomic E-state index is 0.0679. The van der Waals surface area contributed by atoms with Crippen molar-refractivity contribution in [1.29, 1.82) is 0 Å². The molecule has 0 radical (unpaired) electrons. The molecule has 20 heavy (non-hydrogen) atoms. The van der Waals surface area contributed by atoms with Crippen molar-refractivity contribution in [2.24, 2.45) is 5.92 Å². The van der Waals surface area contributed by atoms with Gasteiger partial charge in [0.25, 0.3) is 0 Å². The van der Waals surface area contributed by atoms with Gasteiger partial charge >= 0.3 is 12.0 Å². The molecule has 2 N–H and O–H groups in total. The van der Waals surface area contributed by atoms with E-state index in [1.807, 2.05) is 0 Å². The lowest BCUT2D eigenvalue weighted by molar-refractivity contribution is -0.141. The van der Waals surface area contributed by atoms with Gasteiger partial charge in [0.1, 0.15) is 6.54 Å². The Balaban J connectivity index is 2.24. The van der Waals surface area contributed by atoms with Crippen LogP contribution in [0.3, 0.4) is 0 Å². The van der Waals surface area contributed by atoms with Gasteiger partial charge in [-0.1, -0.05) is 6.92 Å². The van der Waals surface area contributed by atoms with Gasteiger partial charge in [0.15, 0.2) is 0 Å². The van der Waals surface area contributed by atoms with Crippen LogP contribution in [0.5, 0.6) is 0 Å². The lowest BCUT2D eigenvalue weighted by Gasteiger charge is -2.14. The average Bonchev–Trinajstić information content (AvgIpc) is 2.62. The van der Waals surface area contributed by atoms with Crippen LogP contribution < -0.4 is 5.32 Å². The molecule has 1 rings (SSSR count). The molecule has 1 saturated heterocycles. The number of carbonyl (C=O) groups is 4. The number of hydrogen-bond donors (Lipinski definition) is 2. The largest absolute Gasteiger partial charge is 0.481 e. The molecule has 8 nitrogen and oxygen atoms in total. The molecule has 8 heteroatoms. The molecule has 1 heterocycles. The van der Waals surface area contributed by atoms with Gasteiger partial charge in [0.05, 0.1) is 5.92 Å². The number of imide groups is 1. The molecule has 1 aliphatic rings. The summed E-state index contributed by atoms with van der Waals surface area (Å²) in [5.41, 5.74) is 0. The maximum absolute atomic E-state index is 11.5. The van der Waals surface area contributed by atoms with Crippen molar-refractivity contribution in [3.63, 3.8) is 0 Å². The second kappa shape index (κ2) is 6.88. The Bertz CT molecular complexity index is 423. The number of rotatable bonds is 7. The van der Waals surface area contributed by atoms with E-state index < -0.39 is 11.9 Å². The first kappa shape index (κ1) is 15.9. The monoisotopic (exact) mass is 285 g/mol. The molecule has 1 atom stereocenters. The fraction of sp³-hybridized carbons (Fsp3) is 0.667. The molecule has 0 aromatic heterocycles. The van der Waals surface area contributed by atoms with Gasteiger partial charge < -0.3 is 15.3 Å². The quantitative estimate of drug-likeness (QED) is 0.613. The number of nitrogens with one attached hydrogen (secondary N) is 1. The highest BCUT2D eigenvalue weighted by Crippen LogP contribution is 2.09. The van der Waals surface area contributed by atoms with Crippen LogP contribution in [-0.4, -0.2) is 65.4 Å². The van der Waals surface area contributed by atoms with Crippen LogP contribution in [0, 0.1) is 5.92 Å². The molecule has 112 valence electrons. The van der Waals surface area contributed by atoms with E-state index in [4.69, 9.17) is 5.11 Å². The molecule has 0 aliphatic carbocycles. The first-order valence-corrected chi connectivity index (χ1v) is 6.38. The molecule has 0 saturated carbocycles. The van der Waals surface area contributed by atoms with E-state index in [2.05, 4.69) is 5.32 Å². The number of nitrogens with zero attached hydrogens (tertiary/aromatic N) is 2. The van der Waals surface area contributed by atoms with Gasteiger partial charge in [-0.15, -0.1) is 0 Å². The van der Waals surface area contributed by atoms with Crippen molar-refractivity contribution < 1.29 is 24.3 Å². The summed E-state index contributed by atoms with van der Waals surface area (Å²) in [7, 11) is 1.54. The third-order valence-corrected chi connectivity index (χ3v) is 3.04. The number of likely N-dealkylation sites (N-methyl/N-ethyl adjacent to an activating group) is 1. The predicted molar refractivity (Wildman–Crippen MR) is 68.8 cm³/mol. The highest BCUT2D eigenvalue weighted by molar-refractivity contribution is 6.01. The first-order chi connectivity index (χ1) is 9.32. The molecule has 0 aromatic carbocycles. The summed E-state index contributed by atoms with van der Waals surface area (Å²) in [5.74, 6) is -2.17. The summed E-state index contributed by atoms with van der Waals surface area (Å²) >= 11 is 0. The van der Waals surface area contributed by atoms with Crippen molar-refractivity contribution >= 4 is 23.8 Å². The highest BCUT2D eigenvalue weighted by Gasteiger charge is 2.32. The summed E-state index contributed by atoms with van der Waals surface area (Å²) in [6.07, 6.45) is 0.506. The normalized spacial score (nSPS) is 16.5. The van der Waals surface area contributed by atoms with Crippen LogP contribution in [0.15, 0.2) is 0 Å². The molecular weight excluding hydrogens is 266 g/mol. The number of carboxylic acids is 1. The molecule has 0 aromatic rings. The number of carboxylic acid groups (broad SMARTS) is 1. The van der Waals surface area contributed by atoms with E-state index in [0.29, 0.717) is 6.42 Å². The smallest absolute Gasteiger partial charge is 0.326 e. The summed E-state index contributed by atoms with van der Waals surface area (Å²) in [6, 6.07) is -0.352. The summed E-state index contributed by atoms with van der Waals surface area (Å²) in [5, 5.41) is 11.2. The maximum Gasteiger partial charge on any atom is 0.326 e. The lowest BCUT2D eigenvalue weighted by atomic mass is 10.2. The molecule has 1 unspecified atom stereocenters. The number of hydrogen-bond acceptors (Lipinski definition) is 4. The van der Waals surface area contributed by atoms with Gasteiger partial charge in [0, 0.05) is 26.6 Å². The minimum atomic E-state index is -0.971. The third-order valence-electron chi connectivity index (χ3n) is 3.04. The Labute approximate surface area is 116 Å². The van der Waals surface area contributed by atoms with Crippen molar-refractivity contribution in [2.75, 3.05) is 26.7 Å².